The number of para-hydroxylation sites is 4. The lowest BCUT2D eigenvalue weighted by Gasteiger charge is -2.40. The molecule has 2 heterocycles. The zero-order valence-electron chi connectivity index (χ0n) is 16.8. The van der Waals surface area contributed by atoms with Crippen LogP contribution in [0.5, 0.6) is 23.0 Å². The van der Waals surface area contributed by atoms with Crippen LogP contribution in [0.3, 0.4) is 0 Å². The molecule has 4 aromatic carbocycles. The Balaban J connectivity index is 1.73. The number of benzene rings is 4. The van der Waals surface area contributed by atoms with E-state index in [1.54, 1.807) is 24.3 Å². The molecule has 0 saturated heterocycles. The average molecular weight is 411 g/mol. The van der Waals surface area contributed by atoms with Crippen LogP contribution in [-0.4, -0.2) is 6.85 Å². The average Bonchev–Trinajstić information content (AvgIpc) is 2.85. The first kappa shape index (κ1) is 18.1. The fourth-order valence-electron chi connectivity index (χ4n) is 4.54. The molecule has 5 nitrogen and oxygen atoms in total. The van der Waals surface area contributed by atoms with Gasteiger partial charge in [0.2, 0.25) is 0 Å². The number of nitrogens with zero attached hydrogens (tertiary/aromatic N) is 3. The fourth-order valence-corrected chi connectivity index (χ4v) is 4.54. The van der Waals surface area contributed by atoms with Gasteiger partial charge in [0.05, 0.1) is 22.5 Å². The van der Waals surface area contributed by atoms with Gasteiger partial charge in [0.25, 0.3) is 0 Å². The number of hydrogen-bond acceptors (Lipinski definition) is 5. The van der Waals surface area contributed by atoms with Crippen LogP contribution in [-0.2, 0) is 0 Å². The van der Waals surface area contributed by atoms with E-state index in [1.165, 1.54) is 0 Å². The number of fused-ring (bicyclic) bond motifs is 4. The molecule has 6 rings (SSSR count). The molecule has 2 aliphatic heterocycles. The molecule has 32 heavy (non-hydrogen) atoms. The summed E-state index contributed by atoms with van der Waals surface area (Å²) >= 11 is 0. The molecular formula is C26H14BN3O2. The molecule has 0 unspecified atom stereocenters. The number of hydrogen-bond donors (Lipinski definition) is 0. The zero-order valence-corrected chi connectivity index (χ0v) is 16.8. The van der Waals surface area contributed by atoms with Gasteiger partial charge in [-0.25, -0.2) is 0 Å². The van der Waals surface area contributed by atoms with Crippen molar-refractivity contribution in [2.45, 2.75) is 0 Å². The third-order valence-corrected chi connectivity index (χ3v) is 5.85. The smallest absolute Gasteiger partial charge is 0.336 e. The van der Waals surface area contributed by atoms with E-state index in [9.17, 15) is 10.5 Å². The lowest BCUT2D eigenvalue weighted by atomic mass is 9.47. The molecule has 148 valence electrons. The van der Waals surface area contributed by atoms with Crippen molar-refractivity contribution in [2.24, 2.45) is 0 Å². The minimum atomic E-state index is -0.318. The van der Waals surface area contributed by atoms with E-state index in [1.807, 2.05) is 60.7 Å². The Hall–Kier alpha value is -4.68. The molecule has 0 bridgehead atoms. The molecule has 0 atom stereocenters. The maximum atomic E-state index is 9.95. The standard InChI is InChI=1S/C26H14BN3O2/c28-15-17-7-5-13-23-25(17)30(26-18(16-29)8-6-14-24(26)32-23)27-19-9-1-3-11-21(19)31-22-12-4-2-10-20(22)27/h1-14H. The lowest BCUT2D eigenvalue weighted by molar-refractivity contribution is 0.476. The van der Waals surface area contributed by atoms with E-state index in [0.29, 0.717) is 34.0 Å². The molecule has 6 heteroatoms. The highest BCUT2D eigenvalue weighted by Gasteiger charge is 2.42. The van der Waals surface area contributed by atoms with Crippen LogP contribution in [0.2, 0.25) is 0 Å². The van der Waals surface area contributed by atoms with Crippen molar-refractivity contribution >= 4 is 29.1 Å². The summed E-state index contributed by atoms with van der Waals surface area (Å²) < 4.78 is 12.4. The molecule has 0 fully saturated rings. The summed E-state index contributed by atoms with van der Waals surface area (Å²) in [7, 11) is 0. The van der Waals surface area contributed by atoms with Crippen molar-refractivity contribution in [3.8, 4) is 35.1 Å². The summed E-state index contributed by atoms with van der Waals surface area (Å²) in [4.78, 5) is 2.06. The van der Waals surface area contributed by atoms with Gasteiger partial charge in [-0.15, -0.1) is 0 Å². The highest BCUT2D eigenvalue weighted by Crippen LogP contribution is 2.50. The zero-order chi connectivity index (χ0) is 21.7. The van der Waals surface area contributed by atoms with Crippen LogP contribution in [0, 0.1) is 22.7 Å². The molecule has 0 aromatic heterocycles. The van der Waals surface area contributed by atoms with Gasteiger partial charge in [0, 0.05) is 0 Å². The summed E-state index contributed by atoms with van der Waals surface area (Å²) in [5, 5.41) is 19.9. The van der Waals surface area contributed by atoms with Crippen molar-refractivity contribution in [1.29, 1.82) is 10.5 Å². The van der Waals surface area contributed by atoms with Crippen molar-refractivity contribution in [3.05, 3.63) is 96.1 Å². The third kappa shape index (κ3) is 2.51. The Bertz CT molecular complexity index is 1380. The Kier molecular flexibility index (Phi) is 3.93. The summed E-state index contributed by atoms with van der Waals surface area (Å²) in [6, 6.07) is 31.2. The number of rotatable bonds is 1. The van der Waals surface area contributed by atoms with Crippen LogP contribution in [0.4, 0.5) is 11.4 Å². The van der Waals surface area contributed by atoms with E-state index in [4.69, 9.17) is 9.47 Å². The Labute approximate surface area is 185 Å². The summed E-state index contributed by atoms with van der Waals surface area (Å²) in [5.41, 5.74) is 4.13. The van der Waals surface area contributed by atoms with E-state index in [2.05, 4.69) is 16.9 Å². The summed E-state index contributed by atoms with van der Waals surface area (Å²) in [6.45, 7) is -0.318. The highest BCUT2D eigenvalue weighted by atomic mass is 16.5. The van der Waals surface area contributed by atoms with Gasteiger partial charge >= 0.3 is 6.85 Å². The van der Waals surface area contributed by atoms with Gasteiger partial charge < -0.3 is 14.3 Å². The van der Waals surface area contributed by atoms with Crippen molar-refractivity contribution < 1.29 is 9.47 Å². The third-order valence-electron chi connectivity index (χ3n) is 5.85. The quantitative estimate of drug-likeness (QED) is 0.429. The highest BCUT2D eigenvalue weighted by molar-refractivity contribution is 6.90. The van der Waals surface area contributed by atoms with Crippen LogP contribution in [0.15, 0.2) is 84.9 Å². The SMILES string of the molecule is N#Cc1cccc2c1N(B1c3ccccc3Oc3ccccc31)c1c(C#N)cccc1O2. The van der Waals surface area contributed by atoms with Crippen molar-refractivity contribution in [1.82, 2.24) is 0 Å². The maximum absolute atomic E-state index is 9.95. The first-order chi connectivity index (χ1) is 15.8. The first-order valence-electron chi connectivity index (χ1n) is 10.2. The normalized spacial score (nSPS) is 12.7. The second-order valence-corrected chi connectivity index (χ2v) is 7.58. The molecule has 0 amide bonds. The first-order valence-corrected chi connectivity index (χ1v) is 10.2. The predicted octanol–water partition coefficient (Wildman–Crippen LogP) is 4.59. The molecule has 4 aromatic rings. The molecule has 0 spiro atoms. The van der Waals surface area contributed by atoms with Crippen LogP contribution in [0.1, 0.15) is 11.1 Å². The minimum absolute atomic E-state index is 0.318. The van der Waals surface area contributed by atoms with E-state index >= 15 is 0 Å². The maximum Gasteiger partial charge on any atom is 0.336 e. The molecule has 0 radical (unpaired) electrons. The topological polar surface area (TPSA) is 69.3 Å². The Morgan fingerprint density at radius 3 is 1.50 bits per heavy atom. The van der Waals surface area contributed by atoms with E-state index in [-0.39, 0.29) is 6.85 Å². The van der Waals surface area contributed by atoms with Crippen LogP contribution < -0.4 is 25.2 Å². The van der Waals surface area contributed by atoms with E-state index < -0.39 is 0 Å². The lowest BCUT2D eigenvalue weighted by Crippen LogP contribution is -2.58. The second kappa shape index (κ2) is 6.94. The van der Waals surface area contributed by atoms with E-state index in [0.717, 1.165) is 22.4 Å². The van der Waals surface area contributed by atoms with Gasteiger partial charge in [-0.05, 0) is 47.3 Å². The predicted molar refractivity (Wildman–Crippen MR) is 123 cm³/mol. The fraction of sp³-hybridized carbons (Fsp3) is 0. The number of ether oxygens (including phenoxy) is 2. The van der Waals surface area contributed by atoms with Gasteiger partial charge in [0.15, 0.2) is 11.5 Å². The largest absolute Gasteiger partial charge is 0.458 e. The molecule has 0 N–H and O–H groups in total. The van der Waals surface area contributed by atoms with Crippen LogP contribution in [0.25, 0.3) is 0 Å². The Morgan fingerprint density at radius 1 is 0.562 bits per heavy atom. The van der Waals surface area contributed by atoms with Gasteiger partial charge in [-0.1, -0.05) is 48.5 Å². The number of anilines is 2. The summed E-state index contributed by atoms with van der Waals surface area (Å²) in [6.07, 6.45) is 0. The summed E-state index contributed by atoms with van der Waals surface area (Å²) in [5.74, 6) is 2.64. The van der Waals surface area contributed by atoms with Crippen molar-refractivity contribution in [2.75, 3.05) is 4.81 Å². The molecule has 2 aliphatic rings. The van der Waals surface area contributed by atoms with Gasteiger partial charge in [0.1, 0.15) is 23.6 Å². The second-order valence-electron chi connectivity index (χ2n) is 7.58. The minimum Gasteiger partial charge on any atom is -0.458 e. The Morgan fingerprint density at radius 2 is 1.00 bits per heavy atom. The van der Waals surface area contributed by atoms with Gasteiger partial charge in [-0.3, -0.25) is 0 Å². The number of nitriles is 2. The monoisotopic (exact) mass is 411 g/mol. The van der Waals surface area contributed by atoms with Crippen LogP contribution >= 0.6 is 0 Å². The van der Waals surface area contributed by atoms with Gasteiger partial charge in [-0.2, -0.15) is 10.5 Å². The van der Waals surface area contributed by atoms with Crippen molar-refractivity contribution in [3.63, 3.8) is 0 Å². The molecule has 0 aliphatic carbocycles. The molecule has 0 saturated carbocycles. The molecular weight excluding hydrogens is 397 g/mol.